The van der Waals surface area contributed by atoms with Crippen molar-refractivity contribution in [3.05, 3.63) is 35.6 Å². The Morgan fingerprint density at radius 1 is 1.17 bits per heavy atom. The molecule has 2 nitrogen and oxygen atoms in total. The Morgan fingerprint density at radius 2 is 1.67 bits per heavy atom. The molecule has 0 aliphatic rings. The summed E-state index contributed by atoms with van der Waals surface area (Å²) in [5, 5.41) is 0. The van der Waals surface area contributed by atoms with Crippen LogP contribution < -0.4 is 11.5 Å². The summed E-state index contributed by atoms with van der Waals surface area (Å²) >= 11 is 0. The Kier molecular flexibility index (Phi) is 2.78. The fraction of sp³-hybridized carbons (Fsp3) is 0.333. The third kappa shape index (κ3) is 2.03. The van der Waals surface area contributed by atoms with Gasteiger partial charge in [-0.05, 0) is 24.6 Å². The molecule has 0 spiro atoms. The number of hydrogen-bond acceptors (Lipinski definition) is 2. The van der Waals surface area contributed by atoms with Crippen LogP contribution in [-0.2, 0) is 0 Å². The summed E-state index contributed by atoms with van der Waals surface area (Å²) in [6.45, 7) is 1.83. The maximum atomic E-state index is 12.5. The smallest absolute Gasteiger partial charge is 0.123 e. The molecule has 0 heterocycles. The van der Waals surface area contributed by atoms with Crippen molar-refractivity contribution < 1.29 is 4.39 Å². The normalized spacial score (nSPS) is 15.7. The van der Waals surface area contributed by atoms with Crippen LogP contribution in [0.2, 0.25) is 0 Å². The molecule has 66 valence electrons. The van der Waals surface area contributed by atoms with Gasteiger partial charge in [0.05, 0.1) is 0 Å². The number of benzene rings is 1. The summed E-state index contributed by atoms with van der Waals surface area (Å²) in [4.78, 5) is 0. The molecule has 1 aromatic rings. The van der Waals surface area contributed by atoms with E-state index in [2.05, 4.69) is 0 Å². The van der Waals surface area contributed by atoms with Gasteiger partial charge < -0.3 is 11.5 Å². The molecule has 0 amide bonds. The topological polar surface area (TPSA) is 52.0 Å². The summed E-state index contributed by atoms with van der Waals surface area (Å²) in [7, 11) is 0. The Balaban J connectivity index is 2.82. The van der Waals surface area contributed by atoms with E-state index < -0.39 is 0 Å². The minimum Gasteiger partial charge on any atom is -0.326 e. The lowest BCUT2D eigenvalue weighted by Crippen LogP contribution is -2.30. The molecule has 2 atom stereocenters. The van der Waals surface area contributed by atoms with Crippen LogP contribution in [0, 0.1) is 5.82 Å². The molecular formula is C9H13FN2. The van der Waals surface area contributed by atoms with E-state index in [4.69, 9.17) is 11.5 Å². The predicted molar refractivity (Wildman–Crippen MR) is 47.0 cm³/mol. The first-order chi connectivity index (χ1) is 5.61. The van der Waals surface area contributed by atoms with Crippen LogP contribution in [-0.4, -0.2) is 6.04 Å². The fourth-order valence-electron chi connectivity index (χ4n) is 0.989. The molecule has 0 saturated heterocycles. The van der Waals surface area contributed by atoms with Crippen molar-refractivity contribution in [2.45, 2.75) is 19.0 Å². The Bertz CT molecular complexity index is 243. The van der Waals surface area contributed by atoms with Gasteiger partial charge in [0.1, 0.15) is 5.82 Å². The van der Waals surface area contributed by atoms with Crippen molar-refractivity contribution in [2.75, 3.05) is 0 Å². The van der Waals surface area contributed by atoms with Crippen LogP contribution in [0.4, 0.5) is 4.39 Å². The zero-order chi connectivity index (χ0) is 9.14. The van der Waals surface area contributed by atoms with Gasteiger partial charge in [-0.3, -0.25) is 0 Å². The van der Waals surface area contributed by atoms with Gasteiger partial charge in [-0.1, -0.05) is 12.1 Å². The van der Waals surface area contributed by atoms with Gasteiger partial charge in [-0.2, -0.15) is 0 Å². The van der Waals surface area contributed by atoms with Crippen molar-refractivity contribution >= 4 is 0 Å². The van der Waals surface area contributed by atoms with Crippen molar-refractivity contribution in [2.24, 2.45) is 11.5 Å². The largest absolute Gasteiger partial charge is 0.326 e. The molecular weight excluding hydrogens is 155 g/mol. The van der Waals surface area contributed by atoms with Gasteiger partial charge in [0, 0.05) is 12.1 Å². The Hall–Kier alpha value is -0.930. The molecule has 0 aliphatic heterocycles. The first-order valence-electron chi connectivity index (χ1n) is 3.88. The molecule has 0 aromatic heterocycles. The van der Waals surface area contributed by atoms with Crippen LogP contribution in [0.3, 0.4) is 0 Å². The Labute approximate surface area is 71.4 Å². The molecule has 0 fully saturated rings. The van der Waals surface area contributed by atoms with E-state index >= 15 is 0 Å². The first-order valence-corrected chi connectivity index (χ1v) is 3.88. The summed E-state index contributed by atoms with van der Waals surface area (Å²) in [5.41, 5.74) is 12.2. The lowest BCUT2D eigenvalue weighted by Gasteiger charge is -2.15. The number of hydrogen-bond donors (Lipinski definition) is 2. The lowest BCUT2D eigenvalue weighted by molar-refractivity contribution is 0.584. The van der Waals surface area contributed by atoms with E-state index in [1.54, 1.807) is 12.1 Å². The van der Waals surface area contributed by atoms with Gasteiger partial charge in [0.15, 0.2) is 0 Å². The summed E-state index contributed by atoms with van der Waals surface area (Å²) in [6.07, 6.45) is 0. The summed E-state index contributed by atoms with van der Waals surface area (Å²) in [6, 6.07) is 5.75. The predicted octanol–water partition coefficient (Wildman–Crippen LogP) is 1.17. The van der Waals surface area contributed by atoms with Crippen molar-refractivity contribution in [3.63, 3.8) is 0 Å². The molecule has 0 bridgehead atoms. The maximum absolute atomic E-state index is 12.5. The molecule has 0 saturated carbocycles. The van der Waals surface area contributed by atoms with Crippen LogP contribution >= 0.6 is 0 Å². The van der Waals surface area contributed by atoms with E-state index in [0.717, 1.165) is 5.56 Å². The van der Waals surface area contributed by atoms with Gasteiger partial charge in [-0.15, -0.1) is 0 Å². The van der Waals surface area contributed by atoms with E-state index in [9.17, 15) is 4.39 Å². The van der Waals surface area contributed by atoms with Crippen molar-refractivity contribution in [1.82, 2.24) is 0 Å². The number of halogens is 1. The minimum atomic E-state index is -0.254. The van der Waals surface area contributed by atoms with Crippen LogP contribution in [0.15, 0.2) is 24.3 Å². The maximum Gasteiger partial charge on any atom is 0.123 e. The lowest BCUT2D eigenvalue weighted by atomic mass is 10.0. The summed E-state index contributed by atoms with van der Waals surface area (Å²) < 4.78 is 12.5. The van der Waals surface area contributed by atoms with Gasteiger partial charge >= 0.3 is 0 Å². The van der Waals surface area contributed by atoms with Crippen molar-refractivity contribution in [3.8, 4) is 0 Å². The molecule has 3 heteroatoms. The third-order valence-corrected chi connectivity index (χ3v) is 1.82. The van der Waals surface area contributed by atoms with Gasteiger partial charge in [0.25, 0.3) is 0 Å². The molecule has 0 aliphatic carbocycles. The molecule has 1 rings (SSSR count). The molecule has 1 aromatic carbocycles. The first kappa shape index (κ1) is 9.16. The van der Waals surface area contributed by atoms with Crippen LogP contribution in [0.25, 0.3) is 0 Å². The highest BCUT2D eigenvalue weighted by molar-refractivity contribution is 5.20. The molecule has 12 heavy (non-hydrogen) atoms. The standard InChI is InChI=1S/C9H13FN2/c1-6(11)9(12)7-2-4-8(10)5-3-7/h2-6,9H,11-12H2,1H3. The second-order valence-corrected chi connectivity index (χ2v) is 2.94. The zero-order valence-corrected chi connectivity index (χ0v) is 7.00. The quantitative estimate of drug-likeness (QED) is 0.696. The molecule has 0 radical (unpaired) electrons. The SMILES string of the molecule is CC(N)C(N)c1ccc(F)cc1. The van der Waals surface area contributed by atoms with E-state index in [1.165, 1.54) is 12.1 Å². The van der Waals surface area contributed by atoms with Crippen LogP contribution in [0.1, 0.15) is 18.5 Å². The second-order valence-electron chi connectivity index (χ2n) is 2.94. The van der Waals surface area contributed by atoms with E-state index in [0.29, 0.717) is 0 Å². The monoisotopic (exact) mass is 168 g/mol. The zero-order valence-electron chi connectivity index (χ0n) is 7.00. The van der Waals surface area contributed by atoms with E-state index in [-0.39, 0.29) is 17.9 Å². The fourth-order valence-corrected chi connectivity index (χ4v) is 0.989. The highest BCUT2D eigenvalue weighted by Gasteiger charge is 2.09. The number of rotatable bonds is 2. The highest BCUT2D eigenvalue weighted by atomic mass is 19.1. The van der Waals surface area contributed by atoms with Gasteiger partial charge in [0.2, 0.25) is 0 Å². The average molecular weight is 168 g/mol. The average Bonchev–Trinajstić information content (AvgIpc) is 2.04. The minimum absolute atomic E-state index is 0.115. The van der Waals surface area contributed by atoms with Crippen molar-refractivity contribution in [1.29, 1.82) is 0 Å². The number of nitrogens with two attached hydrogens (primary N) is 2. The second kappa shape index (κ2) is 3.65. The van der Waals surface area contributed by atoms with Gasteiger partial charge in [-0.25, -0.2) is 4.39 Å². The Morgan fingerprint density at radius 3 is 2.08 bits per heavy atom. The molecule has 4 N–H and O–H groups in total. The highest BCUT2D eigenvalue weighted by Crippen LogP contribution is 2.12. The molecule has 2 unspecified atom stereocenters. The van der Waals surface area contributed by atoms with E-state index in [1.807, 2.05) is 6.92 Å². The third-order valence-electron chi connectivity index (χ3n) is 1.82. The summed E-state index contributed by atoms with van der Waals surface area (Å²) in [5.74, 6) is -0.254. The van der Waals surface area contributed by atoms with Crippen LogP contribution in [0.5, 0.6) is 0 Å².